The molecule has 2 atom stereocenters. The van der Waals surface area contributed by atoms with E-state index in [1.807, 2.05) is 16.3 Å². The van der Waals surface area contributed by atoms with Crippen molar-refractivity contribution in [2.75, 3.05) is 53.0 Å². The maximum atomic E-state index is 13.1. The number of amides is 3. The topological polar surface area (TPSA) is 82.2 Å². The van der Waals surface area contributed by atoms with E-state index in [2.05, 4.69) is 5.32 Å². The Morgan fingerprint density at radius 2 is 2.07 bits per heavy atom. The van der Waals surface area contributed by atoms with Crippen LogP contribution >= 0.6 is 11.3 Å². The number of thiophene rings is 1. The van der Waals surface area contributed by atoms with Crippen molar-refractivity contribution in [1.29, 1.82) is 0 Å². The van der Waals surface area contributed by atoms with Gasteiger partial charge in [-0.05, 0) is 17.9 Å². The number of likely N-dealkylation sites (tertiary alicyclic amines) is 1. The molecule has 0 spiro atoms. The van der Waals surface area contributed by atoms with Crippen LogP contribution in [0.3, 0.4) is 0 Å². The van der Waals surface area contributed by atoms with Crippen molar-refractivity contribution in [1.82, 2.24) is 20.0 Å². The highest BCUT2D eigenvalue weighted by Crippen LogP contribution is 2.26. The molecule has 2 unspecified atom stereocenters. The van der Waals surface area contributed by atoms with Gasteiger partial charge < -0.3 is 24.8 Å². The Labute approximate surface area is 169 Å². The number of hydrogen-bond donors (Lipinski definition) is 1. The number of piperazine rings is 1. The Morgan fingerprint density at radius 3 is 2.68 bits per heavy atom. The summed E-state index contributed by atoms with van der Waals surface area (Å²) >= 11 is 1.39. The predicted molar refractivity (Wildman–Crippen MR) is 106 cm³/mol. The van der Waals surface area contributed by atoms with Crippen molar-refractivity contribution < 1.29 is 19.1 Å². The first kappa shape index (κ1) is 20.8. The summed E-state index contributed by atoms with van der Waals surface area (Å²) in [5.74, 6) is -0.225. The van der Waals surface area contributed by atoms with Gasteiger partial charge in [-0.25, -0.2) is 0 Å². The monoisotopic (exact) mass is 408 g/mol. The molecule has 2 fully saturated rings. The summed E-state index contributed by atoms with van der Waals surface area (Å²) in [4.78, 5) is 44.2. The van der Waals surface area contributed by atoms with Crippen molar-refractivity contribution in [2.45, 2.75) is 25.4 Å². The van der Waals surface area contributed by atoms with E-state index >= 15 is 0 Å². The van der Waals surface area contributed by atoms with E-state index in [4.69, 9.17) is 4.74 Å². The summed E-state index contributed by atoms with van der Waals surface area (Å²) in [6.45, 7) is 5.51. The lowest BCUT2D eigenvalue weighted by molar-refractivity contribution is -0.143. The van der Waals surface area contributed by atoms with Crippen LogP contribution in [0.5, 0.6) is 0 Å². The average molecular weight is 409 g/mol. The highest BCUT2D eigenvalue weighted by atomic mass is 32.1. The molecule has 3 heterocycles. The fraction of sp³-hybridized carbons (Fsp3) is 0.632. The van der Waals surface area contributed by atoms with Crippen LogP contribution in [0.2, 0.25) is 0 Å². The van der Waals surface area contributed by atoms with Gasteiger partial charge >= 0.3 is 0 Å². The quantitative estimate of drug-likeness (QED) is 0.730. The lowest BCUT2D eigenvalue weighted by atomic mass is 10.1. The zero-order valence-corrected chi connectivity index (χ0v) is 17.2. The minimum Gasteiger partial charge on any atom is -0.383 e. The first-order valence-electron chi connectivity index (χ1n) is 9.63. The van der Waals surface area contributed by atoms with Crippen LogP contribution in [0.1, 0.15) is 23.0 Å². The summed E-state index contributed by atoms with van der Waals surface area (Å²) in [6.07, 6.45) is 0.461. The van der Waals surface area contributed by atoms with E-state index in [0.29, 0.717) is 44.1 Å². The van der Waals surface area contributed by atoms with Gasteiger partial charge in [0.1, 0.15) is 6.04 Å². The molecule has 2 saturated heterocycles. The third-order valence-corrected chi connectivity index (χ3v) is 6.22. The smallest absolute Gasteiger partial charge is 0.264 e. The van der Waals surface area contributed by atoms with Gasteiger partial charge in [0.2, 0.25) is 11.8 Å². The summed E-state index contributed by atoms with van der Waals surface area (Å²) in [5, 5.41) is 5.10. The molecule has 28 heavy (non-hydrogen) atoms. The van der Waals surface area contributed by atoms with Crippen LogP contribution in [0, 0.1) is 0 Å². The Balaban J connectivity index is 1.78. The van der Waals surface area contributed by atoms with Crippen molar-refractivity contribution >= 4 is 29.1 Å². The van der Waals surface area contributed by atoms with Crippen LogP contribution in [0.4, 0.5) is 0 Å². The molecule has 1 aromatic rings. The van der Waals surface area contributed by atoms with Gasteiger partial charge in [0.25, 0.3) is 5.91 Å². The highest BCUT2D eigenvalue weighted by Gasteiger charge is 2.43. The first-order valence-corrected chi connectivity index (χ1v) is 10.5. The lowest BCUT2D eigenvalue weighted by Gasteiger charge is -2.32. The van der Waals surface area contributed by atoms with Crippen molar-refractivity contribution in [3.05, 3.63) is 22.4 Å². The van der Waals surface area contributed by atoms with Crippen LogP contribution in [-0.2, 0) is 14.3 Å². The predicted octanol–water partition coefficient (Wildman–Crippen LogP) is 0.258. The van der Waals surface area contributed by atoms with E-state index in [9.17, 15) is 14.4 Å². The summed E-state index contributed by atoms with van der Waals surface area (Å²) in [7, 11) is 1.60. The highest BCUT2D eigenvalue weighted by molar-refractivity contribution is 7.12. The Hall–Kier alpha value is -1.97. The largest absolute Gasteiger partial charge is 0.383 e. The molecule has 2 aliphatic rings. The second kappa shape index (κ2) is 9.49. The number of methoxy groups -OCH3 is 1. The molecule has 3 amide bonds. The van der Waals surface area contributed by atoms with Crippen molar-refractivity contribution in [3.8, 4) is 0 Å². The van der Waals surface area contributed by atoms with E-state index in [-0.39, 0.29) is 23.8 Å². The maximum absolute atomic E-state index is 13.1. The molecule has 0 bridgehead atoms. The average Bonchev–Trinajstić information content (AvgIpc) is 3.38. The normalized spacial score (nSPS) is 22.4. The van der Waals surface area contributed by atoms with Gasteiger partial charge in [0, 0.05) is 53.3 Å². The summed E-state index contributed by atoms with van der Waals surface area (Å²) < 4.78 is 5.19. The second-order valence-electron chi connectivity index (χ2n) is 7.12. The number of carbonyl (C=O) groups is 3. The third kappa shape index (κ3) is 4.53. The molecule has 8 nitrogen and oxygen atoms in total. The van der Waals surface area contributed by atoms with Gasteiger partial charge in [-0.1, -0.05) is 6.07 Å². The molecule has 0 aliphatic carbocycles. The molecule has 9 heteroatoms. The summed E-state index contributed by atoms with van der Waals surface area (Å²) in [5.41, 5.74) is 0. The van der Waals surface area contributed by atoms with Crippen LogP contribution in [0.25, 0.3) is 0 Å². The minimum absolute atomic E-state index is 0.0190. The standard InChI is InChI=1S/C19H28N4O4S/c1-14(24)23-13-15(12-16(23)18(25)21-7-5-20-6-8-21)22(9-10-27-2)19(26)17-4-3-11-28-17/h3-4,11,15-16,20H,5-10,12-13H2,1-2H3. The van der Waals surface area contributed by atoms with Crippen LogP contribution in [0.15, 0.2) is 17.5 Å². The van der Waals surface area contributed by atoms with E-state index in [0.717, 1.165) is 13.1 Å². The summed E-state index contributed by atoms with van der Waals surface area (Å²) in [6, 6.07) is 2.93. The molecular weight excluding hydrogens is 380 g/mol. The van der Waals surface area contributed by atoms with E-state index in [1.54, 1.807) is 23.0 Å². The molecule has 3 rings (SSSR count). The molecule has 0 radical (unpaired) electrons. The fourth-order valence-corrected chi connectivity index (χ4v) is 4.58. The van der Waals surface area contributed by atoms with Crippen LogP contribution < -0.4 is 5.32 Å². The number of nitrogens with one attached hydrogen (secondary N) is 1. The minimum atomic E-state index is -0.512. The molecule has 154 valence electrons. The van der Waals surface area contributed by atoms with E-state index in [1.165, 1.54) is 18.3 Å². The van der Waals surface area contributed by atoms with Gasteiger partial charge in [0.15, 0.2) is 0 Å². The number of ether oxygens (including phenoxy) is 1. The number of rotatable bonds is 6. The van der Waals surface area contributed by atoms with Crippen LogP contribution in [-0.4, -0.2) is 97.5 Å². The zero-order valence-electron chi connectivity index (χ0n) is 16.4. The van der Waals surface area contributed by atoms with E-state index < -0.39 is 6.04 Å². The molecule has 1 aromatic heterocycles. The van der Waals surface area contributed by atoms with Gasteiger partial charge in [-0.3, -0.25) is 14.4 Å². The Kier molecular flexibility index (Phi) is 7.03. The Bertz CT molecular complexity index is 690. The molecule has 2 aliphatic heterocycles. The van der Waals surface area contributed by atoms with Crippen molar-refractivity contribution in [3.63, 3.8) is 0 Å². The first-order chi connectivity index (χ1) is 13.5. The second-order valence-corrected chi connectivity index (χ2v) is 8.07. The third-order valence-electron chi connectivity index (χ3n) is 5.37. The molecule has 0 aromatic carbocycles. The fourth-order valence-electron chi connectivity index (χ4n) is 3.90. The van der Waals surface area contributed by atoms with Crippen molar-refractivity contribution in [2.24, 2.45) is 0 Å². The molecule has 1 N–H and O–H groups in total. The zero-order chi connectivity index (χ0) is 20.1. The lowest BCUT2D eigenvalue weighted by Crippen LogP contribution is -2.53. The SMILES string of the molecule is COCCN(C(=O)c1cccs1)C1CC(C(=O)N2CCNCC2)N(C(C)=O)C1. The number of hydrogen-bond acceptors (Lipinski definition) is 6. The number of nitrogens with zero attached hydrogens (tertiary/aromatic N) is 3. The van der Waals surface area contributed by atoms with Gasteiger partial charge in [-0.15, -0.1) is 11.3 Å². The molecule has 0 saturated carbocycles. The van der Waals surface area contributed by atoms with Gasteiger partial charge in [0.05, 0.1) is 17.5 Å². The Morgan fingerprint density at radius 1 is 1.32 bits per heavy atom. The van der Waals surface area contributed by atoms with Gasteiger partial charge in [-0.2, -0.15) is 0 Å². The molecular formula is C19H28N4O4S. The maximum Gasteiger partial charge on any atom is 0.264 e. The number of carbonyl (C=O) groups excluding carboxylic acids is 3.